The number of benzene rings is 1. The molecule has 1 atom stereocenters. The van der Waals surface area contributed by atoms with E-state index >= 15 is 0 Å². The number of methoxy groups -OCH3 is 2. The molecule has 2 aromatic rings. The van der Waals surface area contributed by atoms with E-state index in [0.29, 0.717) is 28.6 Å². The van der Waals surface area contributed by atoms with Crippen LogP contribution < -0.4 is 19.1 Å². The van der Waals surface area contributed by atoms with Crippen LogP contribution in [0.4, 0.5) is 5.69 Å². The molecule has 1 aromatic heterocycles. The lowest BCUT2D eigenvalue weighted by molar-refractivity contribution is 0.396. The summed E-state index contributed by atoms with van der Waals surface area (Å²) in [6.45, 7) is 5.75. The van der Waals surface area contributed by atoms with E-state index in [1.807, 2.05) is 13.0 Å². The average molecular weight is 389 g/mol. The minimum Gasteiger partial charge on any atom is -0.755 e. The van der Waals surface area contributed by atoms with Crippen molar-refractivity contribution in [1.82, 2.24) is 9.71 Å². The van der Waals surface area contributed by atoms with Gasteiger partial charge >= 0.3 is 0 Å². The molecular formula is C18H21N4O4S-. The van der Waals surface area contributed by atoms with Gasteiger partial charge in [-0.1, -0.05) is 12.6 Å². The van der Waals surface area contributed by atoms with Crippen LogP contribution in [0.5, 0.6) is 11.5 Å². The monoisotopic (exact) mass is 389 g/mol. The summed E-state index contributed by atoms with van der Waals surface area (Å²) >= 11 is -2.58. The number of nitrogens with one attached hydrogen (secondary N) is 1. The fourth-order valence-corrected chi connectivity index (χ4v) is 2.88. The summed E-state index contributed by atoms with van der Waals surface area (Å²) < 4.78 is 35.7. The van der Waals surface area contributed by atoms with Crippen molar-refractivity contribution in [2.75, 3.05) is 26.2 Å². The molecule has 27 heavy (non-hydrogen) atoms. The molecule has 144 valence electrons. The SMILES string of the molecule is C=C(NS(=O)[O-])N(C(=NC)c1cncc(C)c1)c1c(OC)cccc1OC. The summed E-state index contributed by atoms with van der Waals surface area (Å²) in [5.74, 6) is 1.37. The Bertz CT molecular complexity index is 863. The predicted molar refractivity (Wildman–Crippen MR) is 105 cm³/mol. The zero-order chi connectivity index (χ0) is 20.0. The number of aromatic nitrogens is 1. The van der Waals surface area contributed by atoms with Crippen molar-refractivity contribution in [2.24, 2.45) is 4.99 Å². The normalized spacial score (nSPS) is 12.3. The Morgan fingerprint density at radius 3 is 2.41 bits per heavy atom. The van der Waals surface area contributed by atoms with Gasteiger partial charge in [-0.2, -0.15) is 0 Å². The second-order valence-corrected chi connectivity index (χ2v) is 6.10. The number of aliphatic imine (C=N–C) groups is 1. The zero-order valence-electron chi connectivity index (χ0n) is 15.6. The van der Waals surface area contributed by atoms with E-state index in [1.54, 1.807) is 37.6 Å². The van der Waals surface area contributed by atoms with Crippen LogP contribution in [0.1, 0.15) is 11.1 Å². The van der Waals surface area contributed by atoms with Crippen LogP contribution in [-0.2, 0) is 11.3 Å². The number of para-hydroxylation sites is 1. The first-order valence-corrected chi connectivity index (χ1v) is 8.95. The van der Waals surface area contributed by atoms with Gasteiger partial charge < -0.3 is 18.7 Å². The van der Waals surface area contributed by atoms with Gasteiger partial charge in [0.2, 0.25) is 0 Å². The molecule has 0 saturated heterocycles. The molecule has 0 spiro atoms. The largest absolute Gasteiger partial charge is 0.755 e. The van der Waals surface area contributed by atoms with Crippen molar-refractivity contribution >= 4 is 22.8 Å². The summed E-state index contributed by atoms with van der Waals surface area (Å²) in [7, 11) is 4.61. The summed E-state index contributed by atoms with van der Waals surface area (Å²) in [6, 6.07) is 7.10. The average Bonchev–Trinajstić information content (AvgIpc) is 2.64. The minimum absolute atomic E-state index is 0.0493. The Kier molecular flexibility index (Phi) is 6.91. The first-order chi connectivity index (χ1) is 12.9. The molecule has 0 aliphatic rings. The molecular weight excluding hydrogens is 368 g/mol. The molecule has 8 nitrogen and oxygen atoms in total. The molecule has 1 aromatic carbocycles. The molecule has 0 amide bonds. The Balaban J connectivity index is 2.73. The van der Waals surface area contributed by atoms with Gasteiger partial charge in [-0.15, -0.1) is 0 Å². The molecule has 0 radical (unpaired) electrons. The number of aryl methyl sites for hydroxylation is 1. The smallest absolute Gasteiger partial charge is 0.146 e. The van der Waals surface area contributed by atoms with Crippen molar-refractivity contribution < 1.29 is 18.2 Å². The number of rotatable bonds is 7. The van der Waals surface area contributed by atoms with Crippen LogP contribution >= 0.6 is 0 Å². The first kappa shape index (κ1) is 20.4. The first-order valence-electron chi connectivity index (χ1n) is 7.87. The van der Waals surface area contributed by atoms with E-state index in [2.05, 4.69) is 21.3 Å². The minimum atomic E-state index is -2.58. The summed E-state index contributed by atoms with van der Waals surface area (Å²) in [5.41, 5.74) is 2.05. The van der Waals surface area contributed by atoms with Crippen molar-refractivity contribution in [3.8, 4) is 11.5 Å². The molecule has 0 aliphatic carbocycles. The van der Waals surface area contributed by atoms with E-state index in [-0.39, 0.29) is 5.82 Å². The number of anilines is 1. The Morgan fingerprint density at radius 2 is 1.93 bits per heavy atom. The van der Waals surface area contributed by atoms with E-state index in [0.717, 1.165) is 5.56 Å². The standard InChI is InChI=1S/C18H22N4O4S/c1-12-9-14(11-20-10-12)18(19-3)22(13(2)21-27(23)24)17-15(25-4)7-6-8-16(17)26-5/h6-11,21H,2H2,1,3-5H3,(H,23,24)/p-1. The van der Waals surface area contributed by atoms with Crippen LogP contribution in [-0.4, -0.2) is 40.8 Å². The third-order valence-electron chi connectivity index (χ3n) is 3.65. The Hall–Kier alpha value is -2.91. The van der Waals surface area contributed by atoms with Crippen LogP contribution in [0.25, 0.3) is 0 Å². The summed E-state index contributed by atoms with van der Waals surface area (Å²) in [4.78, 5) is 10.1. The predicted octanol–water partition coefficient (Wildman–Crippen LogP) is 2.15. The molecule has 1 unspecified atom stereocenters. The van der Waals surface area contributed by atoms with Crippen LogP contribution in [0.2, 0.25) is 0 Å². The lowest BCUT2D eigenvalue weighted by Crippen LogP contribution is -2.38. The van der Waals surface area contributed by atoms with Crippen molar-refractivity contribution in [3.05, 3.63) is 60.2 Å². The number of amidine groups is 1. The Morgan fingerprint density at radius 1 is 1.30 bits per heavy atom. The molecule has 2 rings (SSSR count). The summed E-state index contributed by atoms with van der Waals surface area (Å²) in [5, 5.41) is 0. The second-order valence-electron chi connectivity index (χ2n) is 5.43. The van der Waals surface area contributed by atoms with E-state index < -0.39 is 11.3 Å². The number of hydrogen-bond donors (Lipinski definition) is 1. The van der Waals surface area contributed by atoms with E-state index in [4.69, 9.17) is 9.47 Å². The van der Waals surface area contributed by atoms with Gasteiger partial charge in [0.1, 0.15) is 28.8 Å². The molecule has 0 fully saturated rings. The molecule has 0 bridgehead atoms. The van der Waals surface area contributed by atoms with Gasteiger partial charge in [0.05, 0.1) is 14.2 Å². The highest BCUT2D eigenvalue weighted by molar-refractivity contribution is 7.77. The van der Waals surface area contributed by atoms with Gasteiger partial charge in [0, 0.05) is 36.3 Å². The van der Waals surface area contributed by atoms with E-state index in [9.17, 15) is 8.76 Å². The highest BCUT2D eigenvalue weighted by Crippen LogP contribution is 2.40. The van der Waals surface area contributed by atoms with E-state index in [1.165, 1.54) is 19.1 Å². The van der Waals surface area contributed by atoms with Gasteiger partial charge in [-0.25, -0.2) is 0 Å². The van der Waals surface area contributed by atoms with Crippen LogP contribution in [0.3, 0.4) is 0 Å². The molecule has 9 heteroatoms. The molecule has 1 N–H and O–H groups in total. The van der Waals surface area contributed by atoms with Gasteiger partial charge in [-0.3, -0.25) is 19.1 Å². The van der Waals surface area contributed by atoms with Gasteiger partial charge in [0.25, 0.3) is 0 Å². The maximum atomic E-state index is 11.2. The summed E-state index contributed by atoms with van der Waals surface area (Å²) in [6.07, 6.45) is 3.34. The fraction of sp³-hybridized carbons (Fsp3) is 0.222. The maximum absolute atomic E-state index is 11.2. The second kappa shape index (κ2) is 9.15. The number of hydrogen-bond acceptors (Lipinski definition) is 6. The fourth-order valence-electron chi connectivity index (χ4n) is 2.60. The maximum Gasteiger partial charge on any atom is 0.146 e. The topological polar surface area (TPSA) is 99.1 Å². The number of ether oxygens (including phenoxy) is 2. The Labute approximate surface area is 161 Å². The molecule has 0 aliphatic heterocycles. The molecule has 1 heterocycles. The van der Waals surface area contributed by atoms with Crippen LogP contribution in [0.15, 0.2) is 54.1 Å². The lowest BCUT2D eigenvalue weighted by atomic mass is 10.1. The number of pyridine rings is 1. The molecule has 0 saturated carbocycles. The quantitative estimate of drug-likeness (QED) is 0.442. The highest BCUT2D eigenvalue weighted by Gasteiger charge is 2.26. The van der Waals surface area contributed by atoms with Crippen molar-refractivity contribution in [3.63, 3.8) is 0 Å². The van der Waals surface area contributed by atoms with Crippen LogP contribution in [0, 0.1) is 6.92 Å². The highest BCUT2D eigenvalue weighted by atomic mass is 32.2. The third kappa shape index (κ3) is 4.63. The van der Waals surface area contributed by atoms with Crippen molar-refractivity contribution in [1.29, 1.82) is 0 Å². The zero-order valence-corrected chi connectivity index (χ0v) is 16.4. The van der Waals surface area contributed by atoms with Crippen molar-refractivity contribution in [2.45, 2.75) is 6.92 Å². The van der Waals surface area contributed by atoms with Gasteiger partial charge in [0.15, 0.2) is 0 Å². The third-order valence-corrected chi connectivity index (χ3v) is 4.06. The lowest BCUT2D eigenvalue weighted by Gasteiger charge is -2.31. The number of nitrogens with zero attached hydrogens (tertiary/aromatic N) is 3. The van der Waals surface area contributed by atoms with Gasteiger partial charge in [-0.05, 0) is 30.7 Å².